The molecule has 1 aromatic carbocycles. The van der Waals surface area contributed by atoms with Crippen LogP contribution in [-0.2, 0) is 0 Å². The van der Waals surface area contributed by atoms with Crippen molar-refractivity contribution in [2.24, 2.45) is 0 Å². The fourth-order valence-electron chi connectivity index (χ4n) is 2.87. The predicted octanol–water partition coefficient (Wildman–Crippen LogP) is 3.41. The van der Waals surface area contributed by atoms with E-state index in [1.54, 1.807) is 24.3 Å². The Bertz CT molecular complexity index is 1260. The summed E-state index contributed by atoms with van der Waals surface area (Å²) in [5, 5.41) is 19.6. The second-order valence-electron chi connectivity index (χ2n) is 6.87. The molecule has 0 aliphatic rings. The standard InChI is InChI=1S/C24H18O8/c1-13-11-19(27)21(23(29)31-13)17(25)9-7-15-3-5-16(6-4-15)8-10-18(26)22-20(28)12-14(2)32-24(22)30/h3-12,27-28H,1-2H3/b9-7+,10-8+. The first-order chi connectivity index (χ1) is 15.2. The number of hydrogen-bond acceptors (Lipinski definition) is 8. The molecule has 0 amide bonds. The SMILES string of the molecule is Cc1cc(O)c(C(=O)/C=C/c2ccc(/C=C/C(=O)c3c(O)cc(C)oc3=O)cc2)c(=O)o1. The van der Waals surface area contributed by atoms with E-state index in [9.17, 15) is 29.4 Å². The number of allylic oxidation sites excluding steroid dienone is 2. The Kier molecular flexibility index (Phi) is 6.34. The van der Waals surface area contributed by atoms with Gasteiger partial charge >= 0.3 is 11.3 Å². The van der Waals surface area contributed by atoms with Crippen LogP contribution < -0.4 is 11.3 Å². The van der Waals surface area contributed by atoms with E-state index in [4.69, 9.17) is 8.83 Å². The van der Waals surface area contributed by atoms with Gasteiger partial charge in [-0.25, -0.2) is 9.59 Å². The third-order valence-corrected chi connectivity index (χ3v) is 4.39. The molecule has 2 heterocycles. The molecule has 8 nitrogen and oxygen atoms in total. The zero-order valence-electron chi connectivity index (χ0n) is 17.1. The van der Waals surface area contributed by atoms with Gasteiger partial charge in [0.1, 0.15) is 34.1 Å². The minimum atomic E-state index is -0.920. The largest absolute Gasteiger partial charge is 0.507 e. The molecule has 0 bridgehead atoms. The highest BCUT2D eigenvalue weighted by Gasteiger charge is 2.16. The van der Waals surface area contributed by atoms with Crippen LogP contribution in [0.1, 0.15) is 43.4 Å². The van der Waals surface area contributed by atoms with E-state index >= 15 is 0 Å². The van der Waals surface area contributed by atoms with Crippen molar-refractivity contribution in [3.63, 3.8) is 0 Å². The molecule has 2 aromatic heterocycles. The first-order valence-corrected chi connectivity index (χ1v) is 9.38. The quantitative estimate of drug-likeness (QED) is 0.445. The number of benzene rings is 1. The lowest BCUT2D eigenvalue weighted by atomic mass is 10.1. The Morgan fingerprint density at radius 2 is 1.06 bits per heavy atom. The molecule has 32 heavy (non-hydrogen) atoms. The number of carbonyl (C=O) groups is 2. The van der Waals surface area contributed by atoms with Crippen LogP contribution in [0.25, 0.3) is 12.2 Å². The molecule has 0 unspecified atom stereocenters. The molecular weight excluding hydrogens is 416 g/mol. The Morgan fingerprint density at radius 1 is 0.719 bits per heavy atom. The second-order valence-corrected chi connectivity index (χ2v) is 6.87. The van der Waals surface area contributed by atoms with Crippen molar-refractivity contribution in [2.75, 3.05) is 0 Å². The first-order valence-electron chi connectivity index (χ1n) is 9.38. The van der Waals surface area contributed by atoms with Crippen molar-refractivity contribution < 1.29 is 28.6 Å². The van der Waals surface area contributed by atoms with Gasteiger partial charge < -0.3 is 19.0 Å². The van der Waals surface area contributed by atoms with Crippen molar-refractivity contribution >= 4 is 23.7 Å². The van der Waals surface area contributed by atoms with E-state index < -0.39 is 45.4 Å². The Balaban J connectivity index is 1.73. The number of hydrogen-bond donors (Lipinski definition) is 2. The van der Waals surface area contributed by atoms with Gasteiger partial charge in [0.15, 0.2) is 11.6 Å². The van der Waals surface area contributed by atoms with E-state index in [0.29, 0.717) is 11.1 Å². The molecule has 0 spiro atoms. The van der Waals surface area contributed by atoms with Crippen LogP contribution in [0.4, 0.5) is 0 Å². The van der Waals surface area contributed by atoms with Crippen LogP contribution >= 0.6 is 0 Å². The molecule has 0 fully saturated rings. The highest BCUT2D eigenvalue weighted by Crippen LogP contribution is 2.18. The van der Waals surface area contributed by atoms with Crippen molar-refractivity contribution in [1.82, 2.24) is 0 Å². The molecule has 0 aliphatic carbocycles. The van der Waals surface area contributed by atoms with Crippen LogP contribution in [0.15, 0.2) is 67.0 Å². The molecule has 162 valence electrons. The number of ketones is 2. The van der Waals surface area contributed by atoms with E-state index in [-0.39, 0.29) is 11.5 Å². The fourth-order valence-corrected chi connectivity index (χ4v) is 2.87. The number of aryl methyl sites for hydroxylation is 2. The topological polar surface area (TPSA) is 135 Å². The Morgan fingerprint density at radius 3 is 1.38 bits per heavy atom. The summed E-state index contributed by atoms with van der Waals surface area (Å²) in [5.41, 5.74) is -1.50. The first kappa shape index (κ1) is 22.2. The molecule has 2 N–H and O–H groups in total. The molecule has 0 atom stereocenters. The van der Waals surface area contributed by atoms with Gasteiger partial charge in [-0.2, -0.15) is 0 Å². The van der Waals surface area contributed by atoms with Gasteiger partial charge in [0.2, 0.25) is 0 Å². The summed E-state index contributed by atoms with van der Waals surface area (Å²) in [6.45, 7) is 2.96. The third kappa shape index (κ3) is 4.99. The molecule has 0 aliphatic heterocycles. The lowest BCUT2D eigenvalue weighted by molar-refractivity contribution is 0.103. The fraction of sp³-hybridized carbons (Fsp3) is 0.0833. The van der Waals surface area contributed by atoms with Crippen LogP contribution in [0.3, 0.4) is 0 Å². The molecule has 0 saturated heterocycles. The summed E-state index contributed by atoms with van der Waals surface area (Å²) < 4.78 is 9.66. The minimum absolute atomic E-state index is 0.189. The van der Waals surface area contributed by atoms with E-state index in [1.165, 1.54) is 38.1 Å². The molecular formula is C24H18O8. The summed E-state index contributed by atoms with van der Waals surface area (Å²) in [6.07, 6.45) is 5.18. The van der Waals surface area contributed by atoms with Crippen LogP contribution in [0.2, 0.25) is 0 Å². The van der Waals surface area contributed by atoms with Crippen LogP contribution in [-0.4, -0.2) is 21.8 Å². The zero-order valence-corrected chi connectivity index (χ0v) is 17.1. The van der Waals surface area contributed by atoms with Gasteiger partial charge in [-0.1, -0.05) is 36.4 Å². The highest BCUT2D eigenvalue weighted by atomic mass is 16.4. The van der Waals surface area contributed by atoms with Gasteiger partial charge in [0.05, 0.1) is 0 Å². The Labute approximate surface area is 181 Å². The maximum Gasteiger partial charge on any atom is 0.351 e. The normalized spacial score (nSPS) is 11.3. The molecule has 8 heteroatoms. The van der Waals surface area contributed by atoms with Gasteiger partial charge in [0.25, 0.3) is 0 Å². The summed E-state index contributed by atoms with van der Waals surface area (Å²) >= 11 is 0. The van der Waals surface area contributed by atoms with E-state index in [2.05, 4.69) is 0 Å². The monoisotopic (exact) mass is 434 g/mol. The number of carbonyl (C=O) groups excluding carboxylic acids is 2. The number of rotatable bonds is 6. The van der Waals surface area contributed by atoms with Crippen LogP contribution in [0.5, 0.6) is 11.5 Å². The third-order valence-electron chi connectivity index (χ3n) is 4.39. The predicted molar refractivity (Wildman–Crippen MR) is 116 cm³/mol. The summed E-state index contributed by atoms with van der Waals surface area (Å²) in [6, 6.07) is 8.99. The molecule has 0 radical (unpaired) electrons. The van der Waals surface area contributed by atoms with Crippen molar-refractivity contribution in [3.05, 3.63) is 103 Å². The Hall–Kier alpha value is -4.46. The minimum Gasteiger partial charge on any atom is -0.507 e. The summed E-state index contributed by atoms with van der Waals surface area (Å²) in [7, 11) is 0. The highest BCUT2D eigenvalue weighted by molar-refractivity contribution is 6.09. The van der Waals surface area contributed by atoms with Gasteiger partial charge in [-0.3, -0.25) is 9.59 Å². The molecule has 3 rings (SSSR count). The van der Waals surface area contributed by atoms with Gasteiger partial charge in [-0.15, -0.1) is 0 Å². The zero-order chi connectivity index (χ0) is 23.4. The lowest BCUT2D eigenvalue weighted by Gasteiger charge is -2.01. The lowest BCUT2D eigenvalue weighted by Crippen LogP contribution is -2.13. The summed E-state index contributed by atoms with van der Waals surface area (Å²) in [5.74, 6) is -1.94. The van der Waals surface area contributed by atoms with Crippen LogP contribution in [0, 0.1) is 13.8 Å². The smallest absolute Gasteiger partial charge is 0.351 e. The maximum atomic E-state index is 12.2. The van der Waals surface area contributed by atoms with E-state index in [0.717, 1.165) is 12.2 Å². The molecule has 0 saturated carbocycles. The molecule has 3 aromatic rings. The van der Waals surface area contributed by atoms with Crippen molar-refractivity contribution in [1.29, 1.82) is 0 Å². The average molecular weight is 434 g/mol. The van der Waals surface area contributed by atoms with Crippen molar-refractivity contribution in [2.45, 2.75) is 13.8 Å². The average Bonchev–Trinajstić information content (AvgIpc) is 2.70. The van der Waals surface area contributed by atoms with Gasteiger partial charge in [0, 0.05) is 12.1 Å². The van der Waals surface area contributed by atoms with E-state index in [1.807, 2.05) is 0 Å². The summed E-state index contributed by atoms with van der Waals surface area (Å²) in [4.78, 5) is 48.0. The second kappa shape index (κ2) is 9.13. The maximum absolute atomic E-state index is 12.2. The number of aromatic hydroxyl groups is 2. The van der Waals surface area contributed by atoms with Crippen molar-refractivity contribution in [3.8, 4) is 11.5 Å². The van der Waals surface area contributed by atoms with Gasteiger partial charge in [-0.05, 0) is 37.1 Å².